The highest BCUT2D eigenvalue weighted by Gasteiger charge is 2.58. The lowest BCUT2D eigenvalue weighted by Gasteiger charge is -2.58. The maximum absolute atomic E-state index is 12.4. The Morgan fingerprint density at radius 2 is 2.03 bits per heavy atom. The zero-order valence-corrected chi connectivity index (χ0v) is 20.2. The summed E-state index contributed by atoms with van der Waals surface area (Å²) >= 11 is 0. The fraction of sp³-hybridized carbons (Fsp3) is 0.552. The van der Waals surface area contributed by atoms with E-state index in [0.29, 0.717) is 17.8 Å². The number of carbonyl (C=O) groups excluding carboxylic acids is 1. The minimum Gasteiger partial charge on any atom is -0.481 e. The first-order valence-electron chi connectivity index (χ1n) is 12.9. The molecule has 0 saturated heterocycles. The second kappa shape index (κ2) is 7.66. The number of aromatic nitrogens is 2. The molecule has 0 aliphatic heterocycles. The van der Waals surface area contributed by atoms with Crippen LogP contribution in [0.15, 0.2) is 47.8 Å². The summed E-state index contributed by atoms with van der Waals surface area (Å²) < 4.78 is 2.19. The number of carbonyl (C=O) groups is 2. The minimum absolute atomic E-state index is 0.0578. The zero-order valence-electron chi connectivity index (χ0n) is 20.2. The van der Waals surface area contributed by atoms with Crippen LogP contribution >= 0.6 is 0 Å². The number of carboxylic acid groups (broad SMARTS) is 1. The van der Waals surface area contributed by atoms with Gasteiger partial charge in [0.2, 0.25) is 0 Å². The molecule has 0 radical (unpaired) electrons. The van der Waals surface area contributed by atoms with E-state index in [1.807, 2.05) is 24.5 Å². The summed E-state index contributed by atoms with van der Waals surface area (Å²) in [6.07, 6.45) is 12.9. The Bertz CT molecular complexity index is 1240. The smallest absolute Gasteiger partial charge is 0.303 e. The number of carboxylic acids is 1. The summed E-state index contributed by atoms with van der Waals surface area (Å²) in [7, 11) is 0. The number of hydrogen-bond acceptors (Lipinski definition) is 3. The average molecular weight is 459 g/mol. The molecule has 5 heteroatoms. The summed E-state index contributed by atoms with van der Waals surface area (Å²) in [4.78, 5) is 28.5. The Balaban J connectivity index is 1.37. The molecule has 1 aromatic heterocycles. The molecular weight excluding hydrogens is 424 g/mol. The van der Waals surface area contributed by atoms with Gasteiger partial charge in [-0.3, -0.25) is 9.59 Å². The van der Waals surface area contributed by atoms with Gasteiger partial charge in [0.1, 0.15) is 12.6 Å². The standard InChI is InChI=1S/C29H34N2O3/c1-28-12-11-22-21(10-9-20-8-7-18(13-26(33)34)15-29(20,22)2)23(28)14-19(16-32)27(28)31-17-30-24-5-3-4-6-25(24)31/h3-6,9,16-18,21-23H,7-8,10-15H2,1-2H3,(H,33,34)/t18?,21-,22+,23+,28+,29+/m1/s1. The third kappa shape index (κ3) is 3.01. The quantitative estimate of drug-likeness (QED) is 0.443. The van der Waals surface area contributed by atoms with Crippen LogP contribution in [-0.4, -0.2) is 26.9 Å². The third-order valence-electron chi connectivity index (χ3n) is 10.1. The largest absolute Gasteiger partial charge is 0.481 e. The second-order valence-corrected chi connectivity index (χ2v) is 11.7. The van der Waals surface area contributed by atoms with E-state index in [1.54, 1.807) is 5.57 Å². The molecule has 1 N–H and O–H groups in total. The Hall–Kier alpha value is -2.69. The lowest BCUT2D eigenvalue weighted by Crippen LogP contribution is -2.50. The second-order valence-electron chi connectivity index (χ2n) is 11.7. The van der Waals surface area contributed by atoms with Crippen LogP contribution < -0.4 is 0 Å². The number of hydrogen-bond donors (Lipinski definition) is 1. The molecule has 2 fully saturated rings. The minimum atomic E-state index is -0.669. The number of imidazole rings is 1. The van der Waals surface area contributed by atoms with Crippen LogP contribution in [0.1, 0.15) is 65.2 Å². The molecule has 4 aliphatic carbocycles. The molecule has 4 aliphatic rings. The van der Waals surface area contributed by atoms with Gasteiger partial charge in [-0.25, -0.2) is 4.98 Å². The first-order chi connectivity index (χ1) is 16.3. The van der Waals surface area contributed by atoms with Gasteiger partial charge in [-0.1, -0.05) is 37.6 Å². The van der Waals surface area contributed by atoms with Gasteiger partial charge in [0.25, 0.3) is 0 Å². The number of aliphatic carboxylic acids is 1. The molecule has 0 spiro atoms. The monoisotopic (exact) mass is 458 g/mol. The predicted octanol–water partition coefficient (Wildman–Crippen LogP) is 6.11. The van der Waals surface area contributed by atoms with Gasteiger partial charge in [0.15, 0.2) is 0 Å². The first kappa shape index (κ1) is 21.8. The van der Waals surface area contributed by atoms with Gasteiger partial charge in [-0.15, -0.1) is 0 Å². The summed E-state index contributed by atoms with van der Waals surface area (Å²) in [5.41, 5.74) is 5.73. The van der Waals surface area contributed by atoms with E-state index in [-0.39, 0.29) is 23.2 Å². The normalized spacial score (nSPS) is 37.1. The van der Waals surface area contributed by atoms with Crippen molar-refractivity contribution in [1.29, 1.82) is 0 Å². The Labute approximate surface area is 200 Å². The zero-order chi connectivity index (χ0) is 23.7. The van der Waals surface area contributed by atoms with Gasteiger partial charge < -0.3 is 9.67 Å². The van der Waals surface area contributed by atoms with Crippen LogP contribution in [0.4, 0.5) is 0 Å². The van der Waals surface area contributed by atoms with Gasteiger partial charge in [-0.05, 0) is 86.2 Å². The fourth-order valence-electron chi connectivity index (χ4n) is 8.67. The summed E-state index contributed by atoms with van der Waals surface area (Å²) in [6.45, 7) is 4.80. The lowest BCUT2D eigenvalue weighted by molar-refractivity contribution is -0.138. The molecular formula is C29H34N2O3. The van der Waals surface area contributed by atoms with Gasteiger partial charge in [-0.2, -0.15) is 0 Å². The van der Waals surface area contributed by atoms with Crippen molar-refractivity contribution < 1.29 is 14.7 Å². The van der Waals surface area contributed by atoms with Gasteiger partial charge in [0.05, 0.1) is 11.0 Å². The summed E-state index contributed by atoms with van der Waals surface area (Å²) in [6, 6.07) is 8.18. The predicted molar refractivity (Wildman–Crippen MR) is 132 cm³/mol. The van der Waals surface area contributed by atoms with Crippen molar-refractivity contribution >= 4 is 29.0 Å². The molecule has 2 aromatic rings. The molecule has 1 aromatic carbocycles. The van der Waals surface area contributed by atoms with E-state index in [2.05, 4.69) is 35.5 Å². The summed E-state index contributed by atoms with van der Waals surface area (Å²) in [5.74, 6) is 1.12. The van der Waals surface area contributed by atoms with E-state index < -0.39 is 5.97 Å². The highest BCUT2D eigenvalue weighted by molar-refractivity contribution is 5.90. The molecule has 34 heavy (non-hydrogen) atoms. The molecule has 0 amide bonds. The maximum Gasteiger partial charge on any atom is 0.303 e. The van der Waals surface area contributed by atoms with Gasteiger partial charge >= 0.3 is 5.97 Å². The first-order valence-corrected chi connectivity index (χ1v) is 12.9. The maximum atomic E-state index is 12.4. The lowest BCUT2D eigenvalue weighted by atomic mass is 9.47. The Kier molecular flexibility index (Phi) is 4.91. The molecule has 178 valence electrons. The molecule has 5 nitrogen and oxygen atoms in total. The highest BCUT2D eigenvalue weighted by atomic mass is 16.4. The molecule has 6 atom stereocenters. The fourth-order valence-corrected chi connectivity index (χ4v) is 8.67. The van der Waals surface area contributed by atoms with Crippen molar-refractivity contribution in [3.05, 3.63) is 47.8 Å². The van der Waals surface area contributed by atoms with Crippen molar-refractivity contribution in [1.82, 2.24) is 9.55 Å². The van der Waals surface area contributed by atoms with Crippen molar-refractivity contribution in [2.45, 2.75) is 65.2 Å². The van der Waals surface area contributed by atoms with E-state index in [1.165, 1.54) is 0 Å². The van der Waals surface area contributed by atoms with E-state index in [0.717, 1.165) is 73.5 Å². The molecule has 1 heterocycles. The van der Waals surface area contributed by atoms with Gasteiger partial charge in [0, 0.05) is 23.1 Å². The number of nitrogens with zero attached hydrogens (tertiary/aromatic N) is 2. The Morgan fingerprint density at radius 1 is 1.21 bits per heavy atom. The van der Waals surface area contributed by atoms with Crippen LogP contribution in [0, 0.1) is 34.5 Å². The van der Waals surface area contributed by atoms with Crippen LogP contribution in [0.2, 0.25) is 0 Å². The number of aldehydes is 1. The Morgan fingerprint density at radius 3 is 2.82 bits per heavy atom. The molecule has 6 rings (SSSR count). The van der Waals surface area contributed by atoms with Crippen molar-refractivity contribution in [3.8, 4) is 0 Å². The molecule has 2 saturated carbocycles. The molecule has 1 unspecified atom stereocenters. The third-order valence-corrected chi connectivity index (χ3v) is 10.1. The van der Waals surface area contributed by atoms with Crippen molar-refractivity contribution in [2.75, 3.05) is 0 Å². The van der Waals surface area contributed by atoms with Crippen LogP contribution in [-0.2, 0) is 9.59 Å². The van der Waals surface area contributed by atoms with E-state index >= 15 is 0 Å². The van der Waals surface area contributed by atoms with Crippen molar-refractivity contribution in [2.24, 2.45) is 34.5 Å². The summed E-state index contributed by atoms with van der Waals surface area (Å²) in [5, 5.41) is 9.43. The van der Waals surface area contributed by atoms with Crippen LogP contribution in [0.25, 0.3) is 16.7 Å². The van der Waals surface area contributed by atoms with Crippen LogP contribution in [0.3, 0.4) is 0 Å². The number of rotatable bonds is 4. The number of allylic oxidation sites excluding steroid dienone is 4. The van der Waals surface area contributed by atoms with E-state index in [9.17, 15) is 14.7 Å². The number of para-hydroxylation sites is 2. The number of fused-ring (bicyclic) bond motifs is 6. The van der Waals surface area contributed by atoms with E-state index in [4.69, 9.17) is 0 Å². The van der Waals surface area contributed by atoms with Crippen molar-refractivity contribution in [3.63, 3.8) is 0 Å². The number of benzene rings is 1. The van der Waals surface area contributed by atoms with Crippen LogP contribution in [0.5, 0.6) is 0 Å². The average Bonchev–Trinajstić information content (AvgIpc) is 3.35. The molecule has 0 bridgehead atoms. The highest BCUT2D eigenvalue weighted by Crippen LogP contribution is 2.67. The SMILES string of the molecule is C[C@]12CC(CC(=O)O)CCC1=CC[C@@H]1[C@@H]2CC[C@]2(C)C(n3cnc4ccccc43)=C(C=O)C[C@@H]12. The topological polar surface area (TPSA) is 72.2 Å².